The third-order valence-corrected chi connectivity index (χ3v) is 7.01. The largest absolute Gasteiger partial charge is 0.493 e. The van der Waals surface area contributed by atoms with Gasteiger partial charge in [0.15, 0.2) is 15.5 Å². The zero-order valence-corrected chi connectivity index (χ0v) is 20.1. The number of fused-ring (bicyclic) bond motifs is 1. The second-order valence-electron chi connectivity index (χ2n) is 8.55. The van der Waals surface area contributed by atoms with Crippen LogP contribution in [0.4, 0.5) is 0 Å². The second-order valence-corrected chi connectivity index (χ2v) is 10.6. The Labute approximate surface area is 194 Å². The minimum Gasteiger partial charge on any atom is -0.493 e. The fourth-order valence-electron chi connectivity index (χ4n) is 4.08. The number of hydrogen-bond donors (Lipinski definition) is 0. The van der Waals surface area contributed by atoms with Crippen LogP contribution in [0.25, 0.3) is 5.69 Å². The van der Waals surface area contributed by atoms with Crippen molar-refractivity contribution in [1.29, 1.82) is 0 Å². The molecule has 0 radical (unpaired) electrons. The maximum Gasteiger partial charge on any atom is 0.274 e. The molecule has 0 atom stereocenters. The van der Waals surface area contributed by atoms with E-state index in [1.54, 1.807) is 30.1 Å². The molecule has 7 nitrogen and oxygen atoms in total. The van der Waals surface area contributed by atoms with Crippen molar-refractivity contribution in [1.82, 2.24) is 14.7 Å². The van der Waals surface area contributed by atoms with E-state index in [4.69, 9.17) is 9.84 Å². The molecule has 0 N–H and O–H groups in total. The highest BCUT2D eigenvalue weighted by atomic mass is 32.2. The number of aryl methyl sites for hydroxylation is 1. The summed E-state index contributed by atoms with van der Waals surface area (Å²) >= 11 is 0. The Kier molecular flexibility index (Phi) is 6.56. The molecule has 0 saturated heterocycles. The van der Waals surface area contributed by atoms with Crippen molar-refractivity contribution in [2.45, 2.75) is 37.5 Å². The fourth-order valence-corrected chi connectivity index (χ4v) is 4.73. The van der Waals surface area contributed by atoms with Crippen molar-refractivity contribution in [3.8, 4) is 11.4 Å². The Morgan fingerprint density at radius 1 is 1.15 bits per heavy atom. The van der Waals surface area contributed by atoms with E-state index in [9.17, 15) is 13.2 Å². The number of rotatable bonds is 8. The van der Waals surface area contributed by atoms with E-state index in [1.807, 2.05) is 23.7 Å². The number of carbonyl (C=O) groups excluding carboxylic acids is 1. The van der Waals surface area contributed by atoms with E-state index in [-0.39, 0.29) is 10.8 Å². The summed E-state index contributed by atoms with van der Waals surface area (Å²) in [4.78, 5) is 15.1. The molecular formula is C25H29N3O4S. The minimum absolute atomic E-state index is 0.0851. The first-order chi connectivity index (χ1) is 15.7. The van der Waals surface area contributed by atoms with Gasteiger partial charge in [-0.05, 0) is 62.9 Å². The summed E-state index contributed by atoms with van der Waals surface area (Å²) < 4.78 is 31.0. The lowest BCUT2D eigenvalue weighted by Crippen LogP contribution is -2.29. The van der Waals surface area contributed by atoms with Gasteiger partial charge in [-0.3, -0.25) is 4.79 Å². The van der Waals surface area contributed by atoms with Crippen LogP contribution in [0.2, 0.25) is 0 Å². The Hall–Kier alpha value is -3.13. The zero-order valence-electron chi connectivity index (χ0n) is 19.2. The SMILES string of the molecule is Cc1ccc(-n2nc(C(=O)N(C)CCCOc3cccc(S(C)(=O)=O)c3)c3c2CCC3)cc1. The van der Waals surface area contributed by atoms with Crippen LogP contribution in [0.1, 0.15) is 40.2 Å². The normalized spacial score (nSPS) is 13.1. The third-order valence-electron chi connectivity index (χ3n) is 5.90. The molecule has 3 aromatic rings. The van der Waals surface area contributed by atoms with E-state index in [0.29, 0.717) is 31.0 Å². The van der Waals surface area contributed by atoms with Crippen LogP contribution in [0, 0.1) is 6.92 Å². The van der Waals surface area contributed by atoms with Gasteiger partial charge in [-0.2, -0.15) is 5.10 Å². The lowest BCUT2D eigenvalue weighted by atomic mass is 10.2. The van der Waals surface area contributed by atoms with Gasteiger partial charge in [0.05, 0.1) is 17.2 Å². The topological polar surface area (TPSA) is 81.5 Å². The Morgan fingerprint density at radius 3 is 2.64 bits per heavy atom. The summed E-state index contributed by atoms with van der Waals surface area (Å²) in [5.74, 6) is 0.416. The van der Waals surface area contributed by atoms with Crippen LogP contribution in [0.15, 0.2) is 53.4 Å². The van der Waals surface area contributed by atoms with Crippen LogP contribution in [-0.4, -0.2) is 55.5 Å². The van der Waals surface area contributed by atoms with Crippen molar-refractivity contribution in [3.63, 3.8) is 0 Å². The maximum absolute atomic E-state index is 13.2. The number of aromatic nitrogens is 2. The molecule has 1 aliphatic carbocycles. The van der Waals surface area contributed by atoms with Crippen molar-refractivity contribution >= 4 is 15.7 Å². The molecule has 0 saturated carbocycles. The van der Waals surface area contributed by atoms with Crippen LogP contribution in [-0.2, 0) is 22.7 Å². The zero-order chi connectivity index (χ0) is 23.6. The molecule has 0 spiro atoms. The molecule has 1 heterocycles. The molecule has 2 aromatic carbocycles. The van der Waals surface area contributed by atoms with E-state index in [1.165, 1.54) is 17.9 Å². The van der Waals surface area contributed by atoms with E-state index in [2.05, 4.69) is 12.1 Å². The number of sulfone groups is 1. The lowest BCUT2D eigenvalue weighted by Gasteiger charge is -2.17. The second kappa shape index (κ2) is 9.39. The molecule has 4 rings (SSSR count). The van der Waals surface area contributed by atoms with Crippen molar-refractivity contribution in [3.05, 3.63) is 71.0 Å². The molecule has 1 amide bonds. The summed E-state index contributed by atoms with van der Waals surface area (Å²) in [6.07, 6.45) is 4.61. The molecule has 0 fully saturated rings. The minimum atomic E-state index is -3.28. The molecule has 0 aliphatic heterocycles. The van der Waals surface area contributed by atoms with Gasteiger partial charge < -0.3 is 9.64 Å². The summed E-state index contributed by atoms with van der Waals surface area (Å²) in [5, 5.41) is 4.70. The van der Waals surface area contributed by atoms with E-state index >= 15 is 0 Å². The van der Waals surface area contributed by atoms with Crippen LogP contribution in [0.5, 0.6) is 5.75 Å². The van der Waals surface area contributed by atoms with Crippen molar-refractivity contribution < 1.29 is 17.9 Å². The van der Waals surface area contributed by atoms with Gasteiger partial charge >= 0.3 is 0 Å². The van der Waals surface area contributed by atoms with Gasteiger partial charge in [0.25, 0.3) is 5.91 Å². The number of nitrogens with zero attached hydrogens (tertiary/aromatic N) is 3. The van der Waals surface area contributed by atoms with E-state index in [0.717, 1.165) is 36.2 Å². The highest BCUT2D eigenvalue weighted by Gasteiger charge is 2.28. The number of carbonyl (C=O) groups is 1. The summed E-state index contributed by atoms with van der Waals surface area (Å²) in [7, 11) is -1.50. The fraction of sp³-hybridized carbons (Fsp3) is 0.360. The average molecular weight is 468 g/mol. The van der Waals surface area contributed by atoms with Gasteiger partial charge in [0.1, 0.15) is 5.75 Å². The van der Waals surface area contributed by atoms with Gasteiger partial charge in [-0.1, -0.05) is 23.8 Å². The summed E-state index contributed by atoms with van der Waals surface area (Å²) in [6, 6.07) is 14.6. The van der Waals surface area contributed by atoms with Gasteiger partial charge in [0.2, 0.25) is 0 Å². The predicted octanol–water partition coefficient (Wildman–Crippen LogP) is 3.61. The summed E-state index contributed by atoms with van der Waals surface area (Å²) in [6.45, 7) is 2.94. The smallest absolute Gasteiger partial charge is 0.274 e. The Bertz CT molecular complexity index is 1260. The molecule has 1 aromatic heterocycles. The molecular weight excluding hydrogens is 438 g/mol. The number of ether oxygens (including phenoxy) is 1. The quantitative estimate of drug-likeness (QED) is 0.473. The molecule has 0 unspecified atom stereocenters. The first-order valence-electron chi connectivity index (χ1n) is 11.1. The average Bonchev–Trinajstić information content (AvgIpc) is 3.39. The van der Waals surface area contributed by atoms with Crippen LogP contribution < -0.4 is 4.74 Å². The predicted molar refractivity (Wildman–Crippen MR) is 127 cm³/mol. The number of hydrogen-bond acceptors (Lipinski definition) is 5. The molecule has 8 heteroatoms. The van der Waals surface area contributed by atoms with Gasteiger partial charge in [-0.25, -0.2) is 13.1 Å². The van der Waals surface area contributed by atoms with Gasteiger partial charge in [-0.15, -0.1) is 0 Å². The third kappa shape index (κ3) is 5.11. The Morgan fingerprint density at radius 2 is 1.91 bits per heavy atom. The first kappa shape index (κ1) is 23.0. The van der Waals surface area contributed by atoms with Gasteiger partial charge in [0, 0.05) is 31.1 Å². The first-order valence-corrected chi connectivity index (χ1v) is 13.0. The monoisotopic (exact) mass is 467 g/mol. The maximum atomic E-state index is 13.2. The Balaban J connectivity index is 1.39. The summed E-state index contributed by atoms with van der Waals surface area (Å²) in [5.41, 5.74) is 4.88. The highest BCUT2D eigenvalue weighted by molar-refractivity contribution is 7.90. The molecule has 1 aliphatic rings. The molecule has 174 valence electrons. The van der Waals surface area contributed by atoms with Crippen molar-refractivity contribution in [2.24, 2.45) is 0 Å². The van der Waals surface area contributed by atoms with E-state index < -0.39 is 9.84 Å². The van der Waals surface area contributed by atoms with Crippen LogP contribution >= 0.6 is 0 Å². The highest BCUT2D eigenvalue weighted by Crippen LogP contribution is 2.28. The number of amides is 1. The molecule has 0 bridgehead atoms. The van der Waals surface area contributed by atoms with Crippen molar-refractivity contribution in [2.75, 3.05) is 26.5 Å². The standard InChI is InChI=1S/C25H29N3O4S/c1-18-11-13-19(14-12-18)28-23-10-5-9-22(23)24(26-28)25(29)27(2)15-6-16-32-20-7-4-8-21(17-20)33(3,30)31/h4,7-8,11-14,17H,5-6,9-10,15-16H2,1-3H3. The van der Waals surface area contributed by atoms with Crippen LogP contribution in [0.3, 0.4) is 0 Å². The lowest BCUT2D eigenvalue weighted by molar-refractivity contribution is 0.0780. The number of benzene rings is 2. The molecule has 33 heavy (non-hydrogen) atoms.